The molecule has 3 aromatic rings. The van der Waals surface area contributed by atoms with Crippen LogP contribution >= 0.6 is 0 Å². The molecule has 8 heteroatoms. The third-order valence-corrected chi connectivity index (χ3v) is 6.13. The van der Waals surface area contributed by atoms with E-state index in [1.807, 2.05) is 38.4 Å². The lowest BCUT2D eigenvalue weighted by Gasteiger charge is -2.37. The minimum Gasteiger partial charge on any atom is -0.379 e. The maximum absolute atomic E-state index is 5.86. The monoisotopic (exact) mass is 379 g/mol. The van der Waals surface area contributed by atoms with Crippen molar-refractivity contribution in [2.45, 2.75) is 31.9 Å². The molecule has 1 saturated carbocycles. The van der Waals surface area contributed by atoms with E-state index in [1.54, 1.807) is 10.8 Å². The van der Waals surface area contributed by atoms with Crippen LogP contribution in [0.1, 0.15) is 18.5 Å². The number of fused-ring (bicyclic) bond motifs is 2. The standard InChI is InChI=1S/C20H25N7O/c1-13-7-17(20-24-22-12-27(20)25-13)26-10-14-8-16(18(28-2)9-15(14)11-26)23-19-5-3-4-6-21-19/h3-7,12,14-16,18H,8-11H2,1-2H3,(H,21,23)/t14-,15+,16-,18-/m1/s1. The number of aryl methyl sites for hydroxylation is 1. The molecule has 1 N–H and O–H groups in total. The molecule has 5 rings (SSSR count). The Morgan fingerprint density at radius 2 is 2.04 bits per heavy atom. The molecule has 2 aliphatic rings. The summed E-state index contributed by atoms with van der Waals surface area (Å²) in [6, 6.07) is 8.36. The van der Waals surface area contributed by atoms with Crippen molar-refractivity contribution in [3.05, 3.63) is 42.5 Å². The van der Waals surface area contributed by atoms with Crippen LogP contribution in [-0.2, 0) is 4.74 Å². The Hall–Kier alpha value is -2.74. The van der Waals surface area contributed by atoms with E-state index in [0.717, 1.165) is 48.8 Å². The average Bonchev–Trinajstić information content (AvgIpc) is 3.33. The van der Waals surface area contributed by atoms with Gasteiger partial charge < -0.3 is 15.0 Å². The molecule has 1 aliphatic carbocycles. The molecule has 146 valence electrons. The van der Waals surface area contributed by atoms with Gasteiger partial charge in [0.05, 0.1) is 23.5 Å². The molecule has 4 atom stereocenters. The molecule has 1 saturated heterocycles. The van der Waals surface area contributed by atoms with Crippen molar-refractivity contribution in [2.24, 2.45) is 11.8 Å². The fourth-order valence-corrected chi connectivity index (χ4v) is 4.83. The van der Waals surface area contributed by atoms with E-state index >= 15 is 0 Å². The molecule has 0 bridgehead atoms. The summed E-state index contributed by atoms with van der Waals surface area (Å²) >= 11 is 0. The summed E-state index contributed by atoms with van der Waals surface area (Å²) in [7, 11) is 1.82. The van der Waals surface area contributed by atoms with Crippen LogP contribution in [0.15, 0.2) is 36.8 Å². The van der Waals surface area contributed by atoms with Crippen molar-refractivity contribution in [3.63, 3.8) is 0 Å². The highest BCUT2D eigenvalue weighted by atomic mass is 16.5. The molecule has 1 aliphatic heterocycles. The van der Waals surface area contributed by atoms with Gasteiger partial charge in [-0.3, -0.25) is 0 Å². The first-order chi connectivity index (χ1) is 13.7. The normalized spacial score (nSPS) is 27.1. The van der Waals surface area contributed by atoms with Gasteiger partial charge in [-0.05, 0) is 49.8 Å². The Balaban J connectivity index is 1.37. The minimum absolute atomic E-state index is 0.190. The Morgan fingerprint density at radius 3 is 2.82 bits per heavy atom. The maximum atomic E-state index is 5.86. The minimum atomic E-state index is 0.190. The number of hydrogen-bond donors (Lipinski definition) is 1. The second-order valence-corrected chi connectivity index (χ2v) is 7.91. The lowest BCUT2D eigenvalue weighted by Crippen LogP contribution is -2.44. The van der Waals surface area contributed by atoms with E-state index < -0.39 is 0 Å². The van der Waals surface area contributed by atoms with Crippen LogP contribution in [-0.4, -0.2) is 57.1 Å². The van der Waals surface area contributed by atoms with Crippen LogP contribution in [0.4, 0.5) is 11.5 Å². The van der Waals surface area contributed by atoms with Crippen molar-refractivity contribution in [3.8, 4) is 0 Å². The van der Waals surface area contributed by atoms with Gasteiger partial charge in [0.1, 0.15) is 12.1 Å². The van der Waals surface area contributed by atoms with E-state index in [0.29, 0.717) is 11.8 Å². The number of nitrogens with zero attached hydrogens (tertiary/aromatic N) is 6. The van der Waals surface area contributed by atoms with E-state index in [-0.39, 0.29) is 12.1 Å². The number of rotatable bonds is 4. The number of nitrogens with one attached hydrogen (secondary N) is 1. The fourth-order valence-electron chi connectivity index (χ4n) is 4.83. The summed E-state index contributed by atoms with van der Waals surface area (Å²) in [5, 5.41) is 16.4. The highest BCUT2D eigenvalue weighted by molar-refractivity contribution is 5.68. The third-order valence-electron chi connectivity index (χ3n) is 6.13. The van der Waals surface area contributed by atoms with Crippen LogP contribution in [0.5, 0.6) is 0 Å². The summed E-state index contributed by atoms with van der Waals surface area (Å²) in [6.07, 6.45) is 5.81. The predicted octanol–water partition coefficient (Wildman–Crippen LogP) is 2.17. The van der Waals surface area contributed by atoms with E-state index in [1.165, 1.54) is 0 Å². The van der Waals surface area contributed by atoms with E-state index in [9.17, 15) is 0 Å². The largest absolute Gasteiger partial charge is 0.379 e. The van der Waals surface area contributed by atoms with Crippen LogP contribution in [0.3, 0.4) is 0 Å². The zero-order chi connectivity index (χ0) is 19.1. The summed E-state index contributed by atoms with van der Waals surface area (Å²) in [6.45, 7) is 4.06. The van der Waals surface area contributed by atoms with Crippen LogP contribution in [0.25, 0.3) is 5.65 Å². The van der Waals surface area contributed by atoms with Crippen molar-refractivity contribution < 1.29 is 4.74 Å². The maximum Gasteiger partial charge on any atom is 0.200 e. The van der Waals surface area contributed by atoms with Crippen LogP contribution in [0, 0.1) is 18.8 Å². The zero-order valence-electron chi connectivity index (χ0n) is 16.2. The quantitative estimate of drug-likeness (QED) is 0.744. The molecule has 0 spiro atoms. The van der Waals surface area contributed by atoms with Gasteiger partial charge in [0.15, 0.2) is 0 Å². The molecule has 2 fully saturated rings. The van der Waals surface area contributed by atoms with E-state index in [4.69, 9.17) is 4.74 Å². The fraction of sp³-hybridized carbons (Fsp3) is 0.500. The molecular formula is C20H25N7O. The summed E-state index contributed by atoms with van der Waals surface area (Å²) in [5.74, 6) is 2.14. The van der Waals surface area contributed by atoms with Gasteiger partial charge >= 0.3 is 0 Å². The number of anilines is 2. The zero-order valence-corrected chi connectivity index (χ0v) is 16.2. The lowest BCUT2D eigenvalue weighted by molar-refractivity contribution is 0.0305. The number of pyridine rings is 1. The van der Waals surface area contributed by atoms with Gasteiger partial charge in [0, 0.05) is 26.4 Å². The van der Waals surface area contributed by atoms with Crippen LogP contribution < -0.4 is 10.2 Å². The van der Waals surface area contributed by atoms with Gasteiger partial charge in [-0.25, -0.2) is 4.98 Å². The number of aromatic nitrogens is 5. The molecule has 28 heavy (non-hydrogen) atoms. The number of ether oxygens (including phenoxy) is 1. The second-order valence-electron chi connectivity index (χ2n) is 7.91. The Bertz CT molecular complexity index is 960. The predicted molar refractivity (Wildman–Crippen MR) is 106 cm³/mol. The van der Waals surface area contributed by atoms with Crippen LogP contribution in [0.2, 0.25) is 0 Å². The summed E-state index contributed by atoms with van der Waals surface area (Å²) < 4.78 is 7.63. The first-order valence-electron chi connectivity index (χ1n) is 9.84. The molecule has 0 amide bonds. The third kappa shape index (κ3) is 3.07. The lowest BCUT2D eigenvalue weighted by atomic mass is 9.77. The average molecular weight is 379 g/mol. The van der Waals surface area contributed by atoms with Gasteiger partial charge in [-0.15, -0.1) is 10.2 Å². The first kappa shape index (κ1) is 17.4. The molecular weight excluding hydrogens is 354 g/mol. The summed E-state index contributed by atoms with van der Waals surface area (Å²) in [4.78, 5) is 6.87. The Morgan fingerprint density at radius 1 is 1.18 bits per heavy atom. The van der Waals surface area contributed by atoms with E-state index in [2.05, 4.69) is 36.6 Å². The van der Waals surface area contributed by atoms with Crippen molar-refractivity contribution in [1.29, 1.82) is 0 Å². The number of methoxy groups -OCH3 is 1. The van der Waals surface area contributed by atoms with Gasteiger partial charge in [-0.2, -0.15) is 9.61 Å². The van der Waals surface area contributed by atoms with Crippen molar-refractivity contribution in [1.82, 2.24) is 24.8 Å². The van der Waals surface area contributed by atoms with Gasteiger partial charge in [0.2, 0.25) is 5.65 Å². The first-order valence-corrected chi connectivity index (χ1v) is 9.84. The second kappa shape index (κ2) is 7.01. The highest BCUT2D eigenvalue weighted by Gasteiger charge is 2.43. The number of hydrogen-bond acceptors (Lipinski definition) is 7. The summed E-state index contributed by atoms with van der Waals surface area (Å²) in [5.41, 5.74) is 2.93. The molecule has 0 radical (unpaired) electrons. The highest BCUT2D eigenvalue weighted by Crippen LogP contribution is 2.40. The van der Waals surface area contributed by atoms with Crippen molar-refractivity contribution in [2.75, 3.05) is 30.4 Å². The molecule has 4 heterocycles. The van der Waals surface area contributed by atoms with Gasteiger partial charge in [-0.1, -0.05) is 6.07 Å². The molecule has 3 aromatic heterocycles. The SMILES string of the molecule is CO[C@@H]1C[C@H]2CN(c3cc(C)nn4cnnc34)C[C@H]2C[C@H]1Nc1ccccn1. The van der Waals surface area contributed by atoms with Crippen molar-refractivity contribution >= 4 is 17.2 Å². The smallest absolute Gasteiger partial charge is 0.200 e. The molecule has 0 unspecified atom stereocenters. The molecule has 0 aromatic carbocycles. The Kier molecular flexibility index (Phi) is 4.35. The van der Waals surface area contributed by atoms with Gasteiger partial charge in [0.25, 0.3) is 0 Å². The molecule has 8 nitrogen and oxygen atoms in total. The Labute approximate surface area is 163 Å². The topological polar surface area (TPSA) is 80.5 Å².